The number of nitrogens with zero attached hydrogens (tertiary/aromatic N) is 1. The Bertz CT molecular complexity index is 345. The van der Waals surface area contributed by atoms with Gasteiger partial charge in [-0.15, -0.1) is 0 Å². The molecule has 2 rings (SSSR count). The molecule has 0 aliphatic heterocycles. The molecule has 1 N–H and O–H groups in total. The maximum absolute atomic E-state index is 4.43. The second-order valence-electron chi connectivity index (χ2n) is 5.93. The van der Waals surface area contributed by atoms with E-state index in [1.54, 1.807) is 0 Å². The summed E-state index contributed by atoms with van der Waals surface area (Å²) in [4.78, 5) is 4.43. The smallest absolute Gasteiger partial charge is 0.0570 e. The van der Waals surface area contributed by atoms with E-state index in [0.717, 1.165) is 5.69 Å². The van der Waals surface area contributed by atoms with E-state index in [9.17, 15) is 0 Å². The Kier molecular flexibility index (Phi) is 3.82. The first-order valence-corrected chi connectivity index (χ1v) is 6.76. The van der Waals surface area contributed by atoms with E-state index in [0.29, 0.717) is 17.5 Å². The van der Waals surface area contributed by atoms with Crippen LogP contribution in [0.3, 0.4) is 0 Å². The van der Waals surface area contributed by atoms with E-state index >= 15 is 0 Å². The molecule has 17 heavy (non-hydrogen) atoms. The molecular weight excluding hydrogens is 208 g/mol. The maximum Gasteiger partial charge on any atom is 0.0570 e. The fourth-order valence-electron chi connectivity index (χ4n) is 2.82. The average Bonchev–Trinajstić information content (AvgIpc) is 2.33. The van der Waals surface area contributed by atoms with Crippen LogP contribution in [0.25, 0.3) is 0 Å². The van der Waals surface area contributed by atoms with Crippen LogP contribution in [-0.4, -0.2) is 11.0 Å². The summed E-state index contributed by atoms with van der Waals surface area (Å²) in [7, 11) is 0. The molecule has 2 atom stereocenters. The van der Waals surface area contributed by atoms with Gasteiger partial charge < -0.3 is 5.32 Å². The molecule has 2 nitrogen and oxygen atoms in total. The summed E-state index contributed by atoms with van der Waals surface area (Å²) in [6.45, 7) is 6.98. The Balaban J connectivity index is 2.00. The number of pyridine rings is 1. The van der Waals surface area contributed by atoms with Crippen molar-refractivity contribution in [3.8, 4) is 0 Å². The molecule has 1 aromatic rings. The number of nitrogens with one attached hydrogen (secondary N) is 1. The topological polar surface area (TPSA) is 24.9 Å². The molecule has 1 heterocycles. The molecule has 1 aliphatic carbocycles. The lowest BCUT2D eigenvalue weighted by Gasteiger charge is -2.40. The predicted molar refractivity (Wildman–Crippen MR) is 71.8 cm³/mol. The molecule has 0 radical (unpaired) electrons. The summed E-state index contributed by atoms with van der Waals surface area (Å²) in [6, 6.07) is 7.10. The zero-order chi connectivity index (χ0) is 12.3. The van der Waals surface area contributed by atoms with Gasteiger partial charge in [-0.25, -0.2) is 0 Å². The SMILES string of the molecule is CC(NC1CCCCC1(C)C)c1ccccn1. The normalized spacial score (nSPS) is 25.5. The molecular formula is C15H24N2. The third-order valence-electron chi connectivity index (χ3n) is 4.09. The van der Waals surface area contributed by atoms with Gasteiger partial charge in [0.1, 0.15) is 0 Å². The monoisotopic (exact) mass is 232 g/mol. The lowest BCUT2D eigenvalue weighted by Crippen LogP contribution is -2.45. The van der Waals surface area contributed by atoms with E-state index < -0.39 is 0 Å². The zero-order valence-corrected chi connectivity index (χ0v) is 11.2. The Morgan fingerprint density at radius 2 is 2.18 bits per heavy atom. The predicted octanol–water partition coefficient (Wildman–Crippen LogP) is 3.70. The van der Waals surface area contributed by atoms with Crippen molar-refractivity contribution in [1.29, 1.82) is 0 Å². The van der Waals surface area contributed by atoms with E-state index in [4.69, 9.17) is 0 Å². The van der Waals surface area contributed by atoms with Gasteiger partial charge in [-0.05, 0) is 37.3 Å². The van der Waals surface area contributed by atoms with Crippen LogP contribution in [-0.2, 0) is 0 Å². The summed E-state index contributed by atoms with van der Waals surface area (Å²) in [5.41, 5.74) is 1.57. The minimum Gasteiger partial charge on any atom is -0.306 e. The molecule has 2 unspecified atom stereocenters. The highest BCUT2D eigenvalue weighted by Gasteiger charge is 2.32. The van der Waals surface area contributed by atoms with Crippen LogP contribution < -0.4 is 5.32 Å². The fourth-order valence-corrected chi connectivity index (χ4v) is 2.82. The van der Waals surface area contributed by atoms with Crippen molar-refractivity contribution in [3.05, 3.63) is 30.1 Å². The van der Waals surface area contributed by atoms with Gasteiger partial charge in [0.25, 0.3) is 0 Å². The van der Waals surface area contributed by atoms with Gasteiger partial charge in [0.05, 0.1) is 5.69 Å². The largest absolute Gasteiger partial charge is 0.306 e. The van der Waals surface area contributed by atoms with Crippen molar-refractivity contribution in [2.75, 3.05) is 0 Å². The summed E-state index contributed by atoms with van der Waals surface area (Å²) in [6.07, 6.45) is 7.24. The third-order valence-corrected chi connectivity index (χ3v) is 4.09. The molecule has 1 aromatic heterocycles. The van der Waals surface area contributed by atoms with Crippen LogP contribution in [0.5, 0.6) is 0 Å². The first kappa shape index (κ1) is 12.6. The molecule has 94 valence electrons. The first-order valence-electron chi connectivity index (χ1n) is 6.76. The van der Waals surface area contributed by atoms with Gasteiger partial charge in [0.2, 0.25) is 0 Å². The summed E-state index contributed by atoms with van der Waals surface area (Å²) in [5.74, 6) is 0. The van der Waals surface area contributed by atoms with Crippen LogP contribution in [0.2, 0.25) is 0 Å². The molecule has 1 fully saturated rings. The number of hydrogen-bond donors (Lipinski definition) is 1. The van der Waals surface area contributed by atoms with Crippen LogP contribution >= 0.6 is 0 Å². The molecule has 0 bridgehead atoms. The quantitative estimate of drug-likeness (QED) is 0.859. The minimum atomic E-state index is 0.346. The summed E-state index contributed by atoms with van der Waals surface area (Å²) >= 11 is 0. The van der Waals surface area contributed by atoms with Crippen molar-refractivity contribution in [3.63, 3.8) is 0 Å². The van der Waals surface area contributed by atoms with Gasteiger partial charge >= 0.3 is 0 Å². The molecule has 0 saturated heterocycles. The minimum absolute atomic E-state index is 0.346. The van der Waals surface area contributed by atoms with E-state index in [1.165, 1.54) is 25.7 Å². The fraction of sp³-hybridized carbons (Fsp3) is 0.667. The van der Waals surface area contributed by atoms with Gasteiger partial charge in [-0.2, -0.15) is 0 Å². The molecule has 2 heteroatoms. The zero-order valence-electron chi connectivity index (χ0n) is 11.2. The number of aromatic nitrogens is 1. The van der Waals surface area contributed by atoms with Crippen LogP contribution in [0.4, 0.5) is 0 Å². The Morgan fingerprint density at radius 3 is 2.82 bits per heavy atom. The van der Waals surface area contributed by atoms with Crippen LogP contribution in [0, 0.1) is 5.41 Å². The highest BCUT2D eigenvalue weighted by molar-refractivity contribution is 5.08. The van der Waals surface area contributed by atoms with Crippen LogP contribution in [0.15, 0.2) is 24.4 Å². The van der Waals surface area contributed by atoms with Gasteiger partial charge in [-0.1, -0.05) is 32.8 Å². The van der Waals surface area contributed by atoms with E-state index in [-0.39, 0.29) is 0 Å². The first-order chi connectivity index (χ1) is 8.09. The summed E-state index contributed by atoms with van der Waals surface area (Å²) < 4.78 is 0. The Morgan fingerprint density at radius 1 is 1.35 bits per heavy atom. The Labute approximate surface area is 105 Å². The third kappa shape index (κ3) is 3.06. The van der Waals surface area contributed by atoms with E-state index in [1.807, 2.05) is 12.3 Å². The maximum atomic E-state index is 4.43. The van der Waals surface area contributed by atoms with Gasteiger partial charge in [-0.3, -0.25) is 4.98 Å². The molecule has 1 aliphatic rings. The van der Waals surface area contributed by atoms with E-state index in [2.05, 4.69) is 43.2 Å². The lowest BCUT2D eigenvalue weighted by atomic mass is 9.73. The molecule has 0 aromatic carbocycles. The standard InChI is InChI=1S/C15H24N2/c1-12(13-8-5-7-11-16-13)17-14-9-4-6-10-15(14,2)3/h5,7-8,11-12,14,17H,4,6,9-10H2,1-3H3. The lowest BCUT2D eigenvalue weighted by molar-refractivity contribution is 0.157. The van der Waals surface area contributed by atoms with Crippen molar-refractivity contribution >= 4 is 0 Å². The Hall–Kier alpha value is -0.890. The number of hydrogen-bond acceptors (Lipinski definition) is 2. The van der Waals surface area contributed by atoms with Gasteiger partial charge in [0.15, 0.2) is 0 Å². The second kappa shape index (κ2) is 5.18. The van der Waals surface area contributed by atoms with Crippen molar-refractivity contribution < 1.29 is 0 Å². The van der Waals surface area contributed by atoms with Crippen molar-refractivity contribution in [1.82, 2.24) is 10.3 Å². The molecule has 0 amide bonds. The van der Waals surface area contributed by atoms with Crippen molar-refractivity contribution in [2.24, 2.45) is 5.41 Å². The molecule has 1 saturated carbocycles. The van der Waals surface area contributed by atoms with Crippen LogP contribution in [0.1, 0.15) is 58.2 Å². The summed E-state index contributed by atoms with van der Waals surface area (Å²) in [5, 5.41) is 3.76. The average molecular weight is 232 g/mol. The highest BCUT2D eigenvalue weighted by Crippen LogP contribution is 2.36. The van der Waals surface area contributed by atoms with Gasteiger partial charge in [0, 0.05) is 18.3 Å². The van der Waals surface area contributed by atoms with Crippen molar-refractivity contribution in [2.45, 2.75) is 58.5 Å². The number of rotatable bonds is 3. The highest BCUT2D eigenvalue weighted by atomic mass is 15.0. The second-order valence-corrected chi connectivity index (χ2v) is 5.93. The molecule has 0 spiro atoms.